The molecule has 2 N–H and O–H groups in total. The van der Waals surface area contributed by atoms with Crippen LogP contribution in [0.3, 0.4) is 0 Å². The summed E-state index contributed by atoms with van der Waals surface area (Å²) in [5.74, 6) is 1.17. The summed E-state index contributed by atoms with van der Waals surface area (Å²) in [5.41, 5.74) is 3.05. The summed E-state index contributed by atoms with van der Waals surface area (Å²) in [6.07, 6.45) is 0.288. The molecule has 0 atom stereocenters. The Hall–Kier alpha value is -3.02. The van der Waals surface area contributed by atoms with Crippen LogP contribution in [0.15, 0.2) is 42.5 Å². The molecule has 150 valence electrons. The van der Waals surface area contributed by atoms with Crippen LogP contribution >= 0.6 is 0 Å². The normalized spacial score (nSPS) is 10.2. The van der Waals surface area contributed by atoms with Gasteiger partial charge >= 0.3 is 0 Å². The molecule has 0 saturated heterocycles. The van der Waals surface area contributed by atoms with Crippen molar-refractivity contribution in [1.29, 1.82) is 0 Å². The Morgan fingerprint density at radius 2 is 1.57 bits per heavy atom. The van der Waals surface area contributed by atoms with Crippen molar-refractivity contribution < 1.29 is 19.1 Å². The zero-order chi connectivity index (χ0) is 20.4. The Balaban J connectivity index is 1.62. The summed E-state index contributed by atoms with van der Waals surface area (Å²) >= 11 is 0. The van der Waals surface area contributed by atoms with E-state index < -0.39 is 0 Å². The highest BCUT2D eigenvalue weighted by atomic mass is 16.5. The van der Waals surface area contributed by atoms with Crippen molar-refractivity contribution in [3.8, 4) is 11.5 Å². The number of hydrogen-bond donors (Lipinski definition) is 2. The average Bonchev–Trinajstić information content (AvgIpc) is 2.66. The molecule has 6 heteroatoms. The van der Waals surface area contributed by atoms with Gasteiger partial charge in [0.25, 0.3) is 5.91 Å². The number of amides is 2. The fourth-order valence-corrected chi connectivity index (χ4v) is 2.68. The van der Waals surface area contributed by atoms with E-state index in [9.17, 15) is 9.59 Å². The smallest absolute Gasteiger partial charge is 0.258 e. The number of hydrogen-bond acceptors (Lipinski definition) is 4. The van der Waals surface area contributed by atoms with E-state index in [1.165, 1.54) is 0 Å². The summed E-state index contributed by atoms with van der Waals surface area (Å²) < 4.78 is 10.9. The van der Waals surface area contributed by atoms with Gasteiger partial charge in [-0.15, -0.1) is 0 Å². The molecule has 2 amide bonds. The van der Waals surface area contributed by atoms with E-state index in [0.717, 1.165) is 22.4 Å². The molecular weight excluding hydrogens is 356 g/mol. The topological polar surface area (TPSA) is 76.7 Å². The molecule has 0 spiro atoms. The Morgan fingerprint density at radius 1 is 0.893 bits per heavy atom. The predicted molar refractivity (Wildman–Crippen MR) is 109 cm³/mol. The van der Waals surface area contributed by atoms with Crippen molar-refractivity contribution in [3.05, 3.63) is 59.2 Å². The molecule has 0 aliphatic heterocycles. The van der Waals surface area contributed by atoms with Crippen molar-refractivity contribution in [2.75, 3.05) is 26.3 Å². The van der Waals surface area contributed by atoms with Crippen LogP contribution in [0.25, 0.3) is 0 Å². The Labute approximate surface area is 166 Å². The molecule has 0 aliphatic rings. The van der Waals surface area contributed by atoms with Crippen LogP contribution in [-0.2, 0) is 16.0 Å². The van der Waals surface area contributed by atoms with Gasteiger partial charge in [-0.1, -0.05) is 29.8 Å². The van der Waals surface area contributed by atoms with Crippen molar-refractivity contribution in [3.63, 3.8) is 0 Å². The van der Waals surface area contributed by atoms with E-state index >= 15 is 0 Å². The number of benzene rings is 2. The Morgan fingerprint density at radius 3 is 2.21 bits per heavy atom. The molecule has 0 bridgehead atoms. The van der Waals surface area contributed by atoms with Crippen LogP contribution in [0.1, 0.15) is 23.6 Å². The minimum atomic E-state index is -0.222. The van der Waals surface area contributed by atoms with Crippen LogP contribution in [0.5, 0.6) is 11.5 Å². The first-order valence-electron chi connectivity index (χ1n) is 9.43. The molecule has 0 aromatic heterocycles. The fourth-order valence-electron chi connectivity index (χ4n) is 2.68. The van der Waals surface area contributed by atoms with Gasteiger partial charge in [0.1, 0.15) is 11.5 Å². The second-order valence-corrected chi connectivity index (χ2v) is 6.51. The lowest BCUT2D eigenvalue weighted by Gasteiger charge is -2.10. The van der Waals surface area contributed by atoms with E-state index in [2.05, 4.69) is 10.6 Å². The van der Waals surface area contributed by atoms with Gasteiger partial charge in [0, 0.05) is 13.1 Å². The first-order chi connectivity index (χ1) is 13.5. The highest BCUT2D eigenvalue weighted by Crippen LogP contribution is 2.18. The fraction of sp³-hybridized carbons (Fsp3) is 0.364. The molecule has 0 saturated carbocycles. The van der Waals surface area contributed by atoms with Crippen LogP contribution in [0, 0.1) is 13.8 Å². The van der Waals surface area contributed by atoms with Crippen molar-refractivity contribution in [1.82, 2.24) is 10.6 Å². The van der Waals surface area contributed by atoms with E-state index in [-0.39, 0.29) is 24.8 Å². The van der Waals surface area contributed by atoms with Gasteiger partial charge in [-0.2, -0.15) is 0 Å². The van der Waals surface area contributed by atoms with Crippen LogP contribution in [-0.4, -0.2) is 38.1 Å². The monoisotopic (exact) mass is 384 g/mol. The highest BCUT2D eigenvalue weighted by molar-refractivity contribution is 5.79. The second kappa shape index (κ2) is 11.0. The van der Waals surface area contributed by atoms with Crippen LogP contribution in [0.2, 0.25) is 0 Å². The lowest BCUT2D eigenvalue weighted by atomic mass is 10.1. The lowest BCUT2D eigenvalue weighted by molar-refractivity contribution is -0.124. The third-order valence-corrected chi connectivity index (χ3v) is 4.06. The maximum Gasteiger partial charge on any atom is 0.258 e. The molecule has 2 aromatic rings. The van der Waals surface area contributed by atoms with Gasteiger partial charge in [-0.05, 0) is 50.1 Å². The number of rotatable bonds is 10. The van der Waals surface area contributed by atoms with Crippen molar-refractivity contribution in [2.45, 2.75) is 27.2 Å². The molecule has 0 radical (unpaired) electrons. The molecule has 6 nitrogen and oxygen atoms in total. The average molecular weight is 384 g/mol. The number of carbonyl (C=O) groups is 2. The summed E-state index contributed by atoms with van der Waals surface area (Å²) in [6, 6.07) is 13.3. The molecule has 0 heterocycles. The number of carbonyl (C=O) groups excluding carboxylic acids is 2. The minimum absolute atomic E-state index is 0.0516. The van der Waals surface area contributed by atoms with Gasteiger partial charge in [0.2, 0.25) is 5.91 Å². The lowest BCUT2D eigenvalue weighted by Crippen LogP contribution is -2.37. The molecule has 2 rings (SSSR count). The highest BCUT2D eigenvalue weighted by Gasteiger charge is 2.06. The van der Waals surface area contributed by atoms with Gasteiger partial charge in [0.15, 0.2) is 6.61 Å². The molecule has 0 fully saturated rings. The SMILES string of the molecule is CCOc1ccc(CC(=O)NCCNC(=O)COc2ccc(C)cc2C)cc1. The van der Waals surface area contributed by atoms with Crippen LogP contribution in [0.4, 0.5) is 0 Å². The van der Waals surface area contributed by atoms with Crippen molar-refractivity contribution in [2.24, 2.45) is 0 Å². The van der Waals surface area contributed by atoms with E-state index in [1.54, 1.807) is 0 Å². The third kappa shape index (κ3) is 7.31. The number of aryl methyl sites for hydroxylation is 2. The number of nitrogens with one attached hydrogen (secondary N) is 2. The summed E-state index contributed by atoms with van der Waals surface area (Å²) in [4.78, 5) is 23.8. The van der Waals surface area contributed by atoms with Crippen LogP contribution < -0.4 is 20.1 Å². The molecule has 2 aromatic carbocycles. The Bertz CT molecular complexity index is 788. The van der Waals surface area contributed by atoms with Gasteiger partial charge in [-0.3, -0.25) is 9.59 Å². The number of ether oxygens (including phenoxy) is 2. The first-order valence-corrected chi connectivity index (χ1v) is 9.43. The summed E-state index contributed by atoms with van der Waals surface area (Å²) in [7, 11) is 0. The zero-order valence-corrected chi connectivity index (χ0v) is 16.7. The van der Waals surface area contributed by atoms with E-state index in [4.69, 9.17) is 9.47 Å². The Kier molecular flexibility index (Phi) is 8.34. The zero-order valence-electron chi connectivity index (χ0n) is 16.7. The summed E-state index contributed by atoms with van der Waals surface area (Å²) in [5, 5.41) is 5.52. The maximum atomic E-state index is 12.0. The third-order valence-electron chi connectivity index (χ3n) is 4.06. The maximum absolute atomic E-state index is 12.0. The molecule has 0 aliphatic carbocycles. The predicted octanol–water partition coefficient (Wildman–Crippen LogP) is 2.56. The molecule has 28 heavy (non-hydrogen) atoms. The second-order valence-electron chi connectivity index (χ2n) is 6.51. The van der Waals surface area contributed by atoms with Crippen molar-refractivity contribution >= 4 is 11.8 Å². The van der Waals surface area contributed by atoms with E-state index in [1.807, 2.05) is 63.2 Å². The quantitative estimate of drug-likeness (QED) is 0.617. The largest absolute Gasteiger partial charge is 0.494 e. The van der Waals surface area contributed by atoms with Gasteiger partial charge in [-0.25, -0.2) is 0 Å². The first kappa shape index (κ1) is 21.3. The van der Waals surface area contributed by atoms with E-state index in [0.29, 0.717) is 25.4 Å². The van der Waals surface area contributed by atoms with Gasteiger partial charge < -0.3 is 20.1 Å². The van der Waals surface area contributed by atoms with Gasteiger partial charge in [0.05, 0.1) is 13.0 Å². The molecule has 0 unspecified atom stereocenters. The summed E-state index contributed by atoms with van der Waals surface area (Å²) in [6.45, 7) is 7.16. The minimum Gasteiger partial charge on any atom is -0.494 e. The standard InChI is InChI=1S/C22H28N2O4/c1-4-27-19-8-6-18(7-9-19)14-21(25)23-11-12-24-22(26)15-28-20-10-5-16(2)13-17(20)3/h5-10,13H,4,11-12,14-15H2,1-3H3,(H,23,25)(H,24,26). The molecular formula is C22H28N2O4.